The Kier molecular flexibility index (Phi) is 3.28. The van der Waals surface area contributed by atoms with E-state index in [1.54, 1.807) is 23.7 Å². The van der Waals surface area contributed by atoms with Crippen LogP contribution in [-0.2, 0) is 0 Å². The first-order chi connectivity index (χ1) is 10.7. The van der Waals surface area contributed by atoms with Gasteiger partial charge in [0.1, 0.15) is 15.1 Å². The molecule has 0 atom stereocenters. The number of halogens is 1. The number of aryl methyl sites for hydroxylation is 1. The van der Waals surface area contributed by atoms with Crippen molar-refractivity contribution in [3.05, 3.63) is 58.4 Å². The van der Waals surface area contributed by atoms with E-state index in [9.17, 15) is 0 Å². The number of aromatic nitrogens is 4. The molecule has 0 unspecified atom stereocenters. The van der Waals surface area contributed by atoms with Gasteiger partial charge in [0.25, 0.3) is 0 Å². The summed E-state index contributed by atoms with van der Waals surface area (Å²) in [4.78, 5) is 13.5. The molecule has 22 heavy (non-hydrogen) atoms. The molecule has 0 fully saturated rings. The van der Waals surface area contributed by atoms with Gasteiger partial charge < -0.3 is 0 Å². The zero-order chi connectivity index (χ0) is 15.1. The van der Waals surface area contributed by atoms with E-state index >= 15 is 0 Å². The Labute approximate surface area is 139 Å². The zero-order valence-electron chi connectivity index (χ0n) is 11.7. The van der Waals surface area contributed by atoms with Gasteiger partial charge in [-0.2, -0.15) is 0 Å². The third-order valence-corrected chi connectivity index (χ3v) is 5.02. The first kappa shape index (κ1) is 13.6. The van der Waals surface area contributed by atoms with Crippen molar-refractivity contribution in [2.45, 2.75) is 6.92 Å². The molecule has 0 bridgehead atoms. The molecule has 3 aromatic heterocycles. The maximum atomic E-state index is 4.51. The number of fused-ring (bicyclic) bond motifs is 1. The van der Waals surface area contributed by atoms with Gasteiger partial charge in [-0.05, 0) is 35.0 Å². The summed E-state index contributed by atoms with van der Waals surface area (Å²) in [6.45, 7) is 2.08. The van der Waals surface area contributed by atoms with Gasteiger partial charge in [0, 0.05) is 29.7 Å². The van der Waals surface area contributed by atoms with Crippen LogP contribution in [0.1, 0.15) is 5.56 Å². The molecule has 0 amide bonds. The summed E-state index contributed by atoms with van der Waals surface area (Å²) in [6.07, 6.45) is 5.49. The van der Waals surface area contributed by atoms with Crippen molar-refractivity contribution in [2.75, 3.05) is 0 Å². The van der Waals surface area contributed by atoms with Crippen LogP contribution in [0.4, 0.5) is 0 Å². The highest BCUT2D eigenvalue weighted by molar-refractivity contribution is 9.10. The molecule has 0 saturated carbocycles. The van der Waals surface area contributed by atoms with Crippen molar-refractivity contribution in [2.24, 2.45) is 0 Å². The molecule has 0 saturated heterocycles. The third-order valence-electron chi connectivity index (χ3n) is 3.44. The average molecular weight is 371 g/mol. The molecule has 6 heteroatoms. The summed E-state index contributed by atoms with van der Waals surface area (Å²) in [7, 11) is 0. The quantitative estimate of drug-likeness (QED) is 0.517. The summed E-state index contributed by atoms with van der Waals surface area (Å²) in [5.74, 6) is 0. The van der Waals surface area contributed by atoms with Crippen LogP contribution in [0.3, 0.4) is 0 Å². The maximum absolute atomic E-state index is 4.51. The summed E-state index contributed by atoms with van der Waals surface area (Å²) < 4.78 is 2.90. The number of thiazole rings is 1. The van der Waals surface area contributed by atoms with E-state index in [1.807, 2.05) is 5.38 Å². The van der Waals surface area contributed by atoms with Crippen LogP contribution >= 0.6 is 27.3 Å². The number of rotatable bonds is 2. The molecule has 108 valence electrons. The van der Waals surface area contributed by atoms with Crippen LogP contribution in [0.2, 0.25) is 0 Å². The van der Waals surface area contributed by atoms with Gasteiger partial charge >= 0.3 is 0 Å². The normalized spacial score (nSPS) is 11.2. The first-order valence-corrected chi connectivity index (χ1v) is 8.40. The van der Waals surface area contributed by atoms with Crippen LogP contribution in [0.15, 0.2) is 52.8 Å². The monoisotopic (exact) mass is 370 g/mol. The van der Waals surface area contributed by atoms with E-state index in [0.717, 1.165) is 32.0 Å². The smallest absolute Gasteiger partial charge is 0.164 e. The largest absolute Gasteiger partial charge is 0.299 e. The summed E-state index contributed by atoms with van der Waals surface area (Å²) in [6, 6.07) is 8.37. The lowest BCUT2D eigenvalue weighted by atomic mass is 10.2. The molecule has 0 aliphatic rings. The highest BCUT2D eigenvalue weighted by atomic mass is 79.9. The van der Waals surface area contributed by atoms with Gasteiger partial charge in [0.2, 0.25) is 0 Å². The second kappa shape index (κ2) is 5.30. The van der Waals surface area contributed by atoms with E-state index in [4.69, 9.17) is 0 Å². The summed E-state index contributed by atoms with van der Waals surface area (Å²) in [5.41, 5.74) is 5.00. The molecule has 0 aliphatic carbocycles. The molecule has 0 spiro atoms. The van der Waals surface area contributed by atoms with Gasteiger partial charge in [-0.3, -0.25) is 9.55 Å². The van der Waals surface area contributed by atoms with Crippen LogP contribution in [0.25, 0.3) is 27.4 Å². The van der Waals surface area contributed by atoms with Gasteiger partial charge in [0.15, 0.2) is 5.65 Å². The lowest BCUT2D eigenvalue weighted by Gasteiger charge is -2.04. The zero-order valence-corrected chi connectivity index (χ0v) is 14.1. The lowest BCUT2D eigenvalue weighted by molar-refractivity contribution is 1.08. The van der Waals surface area contributed by atoms with Gasteiger partial charge in [0.05, 0.1) is 5.56 Å². The standard InChI is InChI=1S/C16H11BrN4S/c1-10-2-4-11(5-3-10)21-8-12(16-20-13(17)9-22-16)14-15(21)19-7-6-18-14/h2-9H,1H3. The fourth-order valence-electron chi connectivity index (χ4n) is 2.38. The van der Waals surface area contributed by atoms with Crippen molar-refractivity contribution in [1.29, 1.82) is 0 Å². The summed E-state index contributed by atoms with van der Waals surface area (Å²) >= 11 is 5.00. The van der Waals surface area contributed by atoms with Crippen LogP contribution < -0.4 is 0 Å². The fraction of sp³-hybridized carbons (Fsp3) is 0.0625. The molecule has 0 radical (unpaired) electrons. The number of hydrogen-bond donors (Lipinski definition) is 0. The Morgan fingerprint density at radius 1 is 1.09 bits per heavy atom. The Bertz CT molecular complexity index is 956. The second-order valence-electron chi connectivity index (χ2n) is 4.95. The highest BCUT2D eigenvalue weighted by Crippen LogP contribution is 2.33. The maximum Gasteiger partial charge on any atom is 0.164 e. The van der Waals surface area contributed by atoms with Crippen molar-refractivity contribution in [1.82, 2.24) is 19.5 Å². The minimum atomic E-state index is 0.840. The number of benzene rings is 1. The number of nitrogens with zero attached hydrogens (tertiary/aromatic N) is 4. The van der Waals surface area contributed by atoms with Gasteiger partial charge in [-0.15, -0.1) is 11.3 Å². The predicted molar refractivity (Wildman–Crippen MR) is 92.4 cm³/mol. The summed E-state index contributed by atoms with van der Waals surface area (Å²) in [5, 5.41) is 2.91. The van der Waals surface area contributed by atoms with E-state index < -0.39 is 0 Å². The van der Waals surface area contributed by atoms with E-state index in [-0.39, 0.29) is 0 Å². The fourth-order valence-corrected chi connectivity index (χ4v) is 3.65. The Balaban J connectivity index is 1.98. The molecule has 4 aromatic rings. The third kappa shape index (κ3) is 2.24. The predicted octanol–water partition coefficient (Wildman–Crippen LogP) is 4.61. The van der Waals surface area contributed by atoms with Crippen molar-refractivity contribution < 1.29 is 0 Å². The van der Waals surface area contributed by atoms with Crippen molar-refractivity contribution >= 4 is 38.4 Å². The molecule has 3 heterocycles. The van der Waals surface area contributed by atoms with Crippen LogP contribution in [0, 0.1) is 6.92 Å². The minimum Gasteiger partial charge on any atom is -0.299 e. The number of hydrogen-bond acceptors (Lipinski definition) is 4. The minimum absolute atomic E-state index is 0.840. The average Bonchev–Trinajstić information content (AvgIpc) is 3.12. The molecule has 1 aromatic carbocycles. The first-order valence-electron chi connectivity index (χ1n) is 6.73. The molecule has 0 N–H and O–H groups in total. The SMILES string of the molecule is Cc1ccc(-n2cc(-c3nc(Br)cs3)c3nccnc32)cc1. The Morgan fingerprint density at radius 2 is 1.86 bits per heavy atom. The van der Waals surface area contributed by atoms with Gasteiger partial charge in [-0.25, -0.2) is 9.97 Å². The van der Waals surface area contributed by atoms with Crippen LogP contribution in [-0.4, -0.2) is 19.5 Å². The molecular formula is C16H11BrN4S. The van der Waals surface area contributed by atoms with Crippen molar-refractivity contribution in [3.8, 4) is 16.3 Å². The highest BCUT2D eigenvalue weighted by Gasteiger charge is 2.16. The molecular weight excluding hydrogens is 360 g/mol. The van der Waals surface area contributed by atoms with E-state index in [0.29, 0.717) is 0 Å². The Hall–Kier alpha value is -2.05. The Morgan fingerprint density at radius 3 is 2.59 bits per heavy atom. The van der Waals surface area contributed by atoms with Crippen LogP contribution in [0.5, 0.6) is 0 Å². The van der Waals surface area contributed by atoms with Gasteiger partial charge in [-0.1, -0.05) is 17.7 Å². The van der Waals surface area contributed by atoms with E-state index in [1.165, 1.54) is 5.56 Å². The van der Waals surface area contributed by atoms with Crippen molar-refractivity contribution in [3.63, 3.8) is 0 Å². The molecule has 4 rings (SSSR count). The lowest BCUT2D eigenvalue weighted by Crippen LogP contribution is -1.93. The van der Waals surface area contributed by atoms with E-state index in [2.05, 4.69) is 72.8 Å². The topological polar surface area (TPSA) is 43.6 Å². The molecule has 0 aliphatic heterocycles. The second-order valence-corrected chi connectivity index (χ2v) is 6.62. The molecule has 4 nitrogen and oxygen atoms in total.